The summed E-state index contributed by atoms with van der Waals surface area (Å²) in [5.74, 6) is -1.20. The summed E-state index contributed by atoms with van der Waals surface area (Å²) < 4.78 is 10.8. The van der Waals surface area contributed by atoms with Crippen LogP contribution in [0.3, 0.4) is 0 Å². The van der Waals surface area contributed by atoms with E-state index in [0.717, 1.165) is 17.7 Å². The van der Waals surface area contributed by atoms with Gasteiger partial charge in [0.05, 0.1) is 18.2 Å². The third-order valence-electron chi connectivity index (χ3n) is 7.83. The van der Waals surface area contributed by atoms with E-state index >= 15 is 0 Å². The van der Waals surface area contributed by atoms with Gasteiger partial charge >= 0.3 is 5.97 Å². The molecule has 178 valence electrons. The number of ether oxygens (including phenoxy) is 2. The Bertz CT molecular complexity index is 963. The predicted molar refractivity (Wildman–Crippen MR) is 120 cm³/mol. The van der Waals surface area contributed by atoms with Gasteiger partial charge in [-0.1, -0.05) is 27.7 Å². The first-order chi connectivity index (χ1) is 15.4. The molecule has 3 aliphatic rings. The van der Waals surface area contributed by atoms with Crippen LogP contribution in [0, 0.1) is 16.7 Å². The summed E-state index contributed by atoms with van der Waals surface area (Å²) in [6, 6.07) is 5.35. The quantitative estimate of drug-likeness (QED) is 0.371. The van der Waals surface area contributed by atoms with E-state index in [9.17, 15) is 19.2 Å². The molecular formula is C25H32N2O6. The number of anilines is 1. The van der Waals surface area contributed by atoms with Gasteiger partial charge in [-0.05, 0) is 47.9 Å². The van der Waals surface area contributed by atoms with Crippen LogP contribution in [-0.4, -0.2) is 53.9 Å². The van der Waals surface area contributed by atoms with Gasteiger partial charge in [0.25, 0.3) is 5.91 Å². The van der Waals surface area contributed by atoms with E-state index in [4.69, 9.17) is 9.47 Å². The first kappa shape index (κ1) is 23.4. The summed E-state index contributed by atoms with van der Waals surface area (Å²) in [6.45, 7) is 10.5. The molecule has 1 aromatic rings. The third-order valence-corrected chi connectivity index (χ3v) is 7.83. The van der Waals surface area contributed by atoms with Crippen molar-refractivity contribution in [3.63, 3.8) is 0 Å². The Morgan fingerprint density at radius 2 is 1.76 bits per heavy atom. The lowest BCUT2D eigenvalue weighted by atomic mass is 10.0. The minimum Gasteiger partial charge on any atom is -0.427 e. The van der Waals surface area contributed by atoms with Gasteiger partial charge in [-0.25, -0.2) is 4.90 Å². The number of benzene rings is 1. The number of hydrogen-bond acceptors (Lipinski definition) is 6. The van der Waals surface area contributed by atoms with Gasteiger partial charge in [0, 0.05) is 26.0 Å². The molecule has 0 spiro atoms. The third kappa shape index (κ3) is 4.05. The van der Waals surface area contributed by atoms with Gasteiger partial charge in [-0.2, -0.15) is 0 Å². The molecule has 33 heavy (non-hydrogen) atoms. The molecule has 0 aromatic heterocycles. The van der Waals surface area contributed by atoms with Crippen LogP contribution in [0.4, 0.5) is 5.69 Å². The van der Waals surface area contributed by atoms with Crippen molar-refractivity contribution >= 4 is 29.4 Å². The summed E-state index contributed by atoms with van der Waals surface area (Å²) in [5.41, 5.74) is 0.0213. The number of imide groups is 1. The van der Waals surface area contributed by atoms with Gasteiger partial charge in [-0.15, -0.1) is 0 Å². The standard InChI is InChI=1S/C25H32N2O6/c1-15(28)33-17-10-8-16(9-11-17)27-20(29)13-19(22(27)30)26(14-18-7-6-12-32-18)23(31)21-24(2,3)25(21,4)5/h8-11,18-19,21H,6-7,12-14H2,1-5H3. The number of rotatable bonds is 6. The highest BCUT2D eigenvalue weighted by Crippen LogP contribution is 2.69. The van der Waals surface area contributed by atoms with Crippen molar-refractivity contribution in [1.29, 1.82) is 0 Å². The second-order valence-corrected chi connectivity index (χ2v) is 10.4. The van der Waals surface area contributed by atoms with Crippen LogP contribution in [0.1, 0.15) is 53.9 Å². The Labute approximate surface area is 194 Å². The summed E-state index contributed by atoms with van der Waals surface area (Å²) in [4.78, 5) is 53.9. The Morgan fingerprint density at radius 3 is 2.27 bits per heavy atom. The number of hydrogen-bond donors (Lipinski definition) is 0. The molecule has 2 saturated heterocycles. The molecule has 3 amide bonds. The minimum atomic E-state index is -0.852. The van der Waals surface area contributed by atoms with Crippen molar-refractivity contribution in [2.24, 2.45) is 16.7 Å². The van der Waals surface area contributed by atoms with Gasteiger partial charge in [0.15, 0.2) is 0 Å². The zero-order valence-corrected chi connectivity index (χ0v) is 19.9. The molecule has 2 unspecified atom stereocenters. The zero-order valence-electron chi connectivity index (χ0n) is 19.9. The highest BCUT2D eigenvalue weighted by Gasteiger charge is 2.69. The SMILES string of the molecule is CC(=O)Oc1ccc(N2C(=O)CC(N(CC3CCCO3)C(=O)C3C(C)(C)C3(C)C)C2=O)cc1. The molecule has 0 bridgehead atoms. The van der Waals surface area contributed by atoms with E-state index in [1.807, 2.05) is 0 Å². The minimum absolute atomic E-state index is 0.0590. The second kappa shape index (κ2) is 8.24. The van der Waals surface area contributed by atoms with Gasteiger partial charge < -0.3 is 14.4 Å². The molecule has 0 N–H and O–H groups in total. The Kier molecular flexibility index (Phi) is 5.85. The van der Waals surface area contributed by atoms with Crippen molar-refractivity contribution in [3.8, 4) is 5.75 Å². The van der Waals surface area contributed by atoms with E-state index in [0.29, 0.717) is 24.6 Å². The zero-order chi connectivity index (χ0) is 24.1. The van der Waals surface area contributed by atoms with Gasteiger partial charge in [0.1, 0.15) is 11.8 Å². The van der Waals surface area contributed by atoms with Crippen molar-refractivity contribution < 1.29 is 28.7 Å². The fourth-order valence-corrected chi connectivity index (χ4v) is 5.32. The molecule has 1 aliphatic carbocycles. The van der Waals surface area contributed by atoms with E-state index in [2.05, 4.69) is 27.7 Å². The number of amides is 3. The Balaban J connectivity index is 1.58. The maximum Gasteiger partial charge on any atom is 0.308 e. The molecule has 4 rings (SSSR count). The number of carbonyl (C=O) groups excluding carboxylic acids is 4. The van der Waals surface area contributed by atoms with Crippen molar-refractivity contribution in [3.05, 3.63) is 24.3 Å². The maximum atomic E-state index is 13.7. The molecular weight excluding hydrogens is 424 g/mol. The van der Waals surface area contributed by atoms with Crippen LogP contribution in [0.15, 0.2) is 24.3 Å². The second-order valence-electron chi connectivity index (χ2n) is 10.4. The molecule has 1 aromatic carbocycles. The molecule has 3 fully saturated rings. The predicted octanol–water partition coefficient (Wildman–Crippen LogP) is 2.93. The van der Waals surface area contributed by atoms with Crippen molar-refractivity contribution in [2.45, 2.75) is 66.0 Å². The Hall–Kier alpha value is -2.74. The average molecular weight is 457 g/mol. The van der Waals surface area contributed by atoms with Gasteiger partial charge in [0.2, 0.25) is 11.8 Å². The number of esters is 1. The first-order valence-corrected chi connectivity index (χ1v) is 11.5. The molecule has 8 nitrogen and oxygen atoms in total. The fraction of sp³-hybridized carbons (Fsp3) is 0.600. The van der Waals surface area contributed by atoms with Crippen LogP contribution < -0.4 is 9.64 Å². The molecule has 1 saturated carbocycles. The largest absolute Gasteiger partial charge is 0.427 e. The molecule has 2 heterocycles. The lowest BCUT2D eigenvalue weighted by Gasteiger charge is -2.30. The Morgan fingerprint density at radius 1 is 1.12 bits per heavy atom. The molecule has 2 aliphatic heterocycles. The average Bonchev–Trinajstić information content (AvgIpc) is 3.14. The number of nitrogens with zero attached hydrogens (tertiary/aromatic N) is 2. The van der Waals surface area contributed by atoms with Crippen molar-refractivity contribution in [2.75, 3.05) is 18.1 Å². The highest BCUT2D eigenvalue weighted by atomic mass is 16.5. The van der Waals surface area contributed by atoms with Crippen LogP contribution in [0.5, 0.6) is 5.75 Å². The van der Waals surface area contributed by atoms with Crippen LogP contribution >= 0.6 is 0 Å². The first-order valence-electron chi connectivity index (χ1n) is 11.5. The summed E-state index contributed by atoms with van der Waals surface area (Å²) >= 11 is 0. The summed E-state index contributed by atoms with van der Waals surface area (Å²) in [5, 5.41) is 0. The smallest absolute Gasteiger partial charge is 0.308 e. The van der Waals surface area contributed by atoms with E-state index in [-0.39, 0.29) is 41.1 Å². The lowest BCUT2D eigenvalue weighted by Crippen LogP contribution is -2.49. The van der Waals surface area contributed by atoms with Crippen molar-refractivity contribution in [1.82, 2.24) is 4.90 Å². The monoisotopic (exact) mass is 456 g/mol. The lowest BCUT2D eigenvalue weighted by molar-refractivity contribution is -0.142. The van der Waals surface area contributed by atoms with E-state index < -0.39 is 17.9 Å². The maximum absolute atomic E-state index is 13.7. The topological polar surface area (TPSA) is 93.2 Å². The van der Waals surface area contributed by atoms with Crippen LogP contribution in [-0.2, 0) is 23.9 Å². The molecule has 2 atom stereocenters. The van der Waals surface area contributed by atoms with E-state index in [1.165, 1.54) is 19.1 Å². The summed E-state index contributed by atoms with van der Waals surface area (Å²) in [7, 11) is 0. The molecule has 8 heteroatoms. The van der Waals surface area contributed by atoms with Crippen LogP contribution in [0.2, 0.25) is 0 Å². The van der Waals surface area contributed by atoms with Crippen LogP contribution in [0.25, 0.3) is 0 Å². The fourth-order valence-electron chi connectivity index (χ4n) is 5.32. The highest BCUT2D eigenvalue weighted by molar-refractivity contribution is 6.23. The number of carbonyl (C=O) groups is 4. The summed E-state index contributed by atoms with van der Waals surface area (Å²) in [6.07, 6.45) is 1.57. The van der Waals surface area contributed by atoms with E-state index in [1.54, 1.807) is 17.0 Å². The normalized spacial score (nSPS) is 25.9. The molecule has 0 radical (unpaired) electrons. The van der Waals surface area contributed by atoms with Gasteiger partial charge in [-0.3, -0.25) is 19.2 Å².